The van der Waals surface area contributed by atoms with Crippen LogP contribution >= 0.6 is 0 Å². The van der Waals surface area contributed by atoms with E-state index in [4.69, 9.17) is 0 Å². The normalized spacial score (nSPS) is 31.9. The van der Waals surface area contributed by atoms with Crippen LogP contribution in [0.4, 0.5) is 13.2 Å². The first-order valence-corrected chi connectivity index (χ1v) is 9.56. The van der Waals surface area contributed by atoms with Gasteiger partial charge < -0.3 is 4.90 Å². The number of pyridine rings is 2. The molecule has 4 nitrogen and oxygen atoms in total. The van der Waals surface area contributed by atoms with Crippen molar-refractivity contribution in [3.63, 3.8) is 0 Å². The molecule has 3 saturated carbocycles. The lowest BCUT2D eigenvalue weighted by Gasteiger charge is -2.74. The number of nitrogens with zero attached hydrogens (tertiary/aromatic N) is 3. The topological polar surface area (TPSA) is 46.1 Å². The Balaban J connectivity index is 1.24. The molecule has 3 aliphatic carbocycles. The van der Waals surface area contributed by atoms with Crippen LogP contribution in [-0.2, 0) is 16.4 Å². The van der Waals surface area contributed by atoms with Crippen LogP contribution in [-0.4, -0.2) is 32.9 Å². The Bertz CT molecular complexity index is 891. The maximum absolute atomic E-state index is 12.8. The third-order valence-electron chi connectivity index (χ3n) is 6.84. The summed E-state index contributed by atoms with van der Waals surface area (Å²) in [6, 6.07) is 6.60. The van der Waals surface area contributed by atoms with Crippen molar-refractivity contribution in [1.29, 1.82) is 0 Å². The molecule has 1 saturated heterocycles. The Hall–Kier alpha value is -2.44. The highest BCUT2D eigenvalue weighted by Crippen LogP contribution is 2.70. The van der Waals surface area contributed by atoms with Crippen molar-refractivity contribution in [3.05, 3.63) is 59.7 Å². The minimum absolute atomic E-state index is 0.0102. The maximum Gasteiger partial charge on any atom is 0.433 e. The number of hydrogen-bond acceptors (Lipinski definition) is 3. The number of carbonyl (C=O) groups excluding carboxylic acids is 1. The monoisotopic (exact) mass is 387 g/mol. The maximum atomic E-state index is 12.8. The van der Waals surface area contributed by atoms with Gasteiger partial charge in [0.2, 0.25) is 5.91 Å². The Morgan fingerprint density at radius 3 is 2.36 bits per heavy atom. The number of carbonyl (C=O) groups is 1. The molecule has 28 heavy (non-hydrogen) atoms. The number of amides is 1. The van der Waals surface area contributed by atoms with E-state index in [0.29, 0.717) is 18.5 Å². The van der Waals surface area contributed by atoms with Crippen molar-refractivity contribution in [3.8, 4) is 0 Å². The Morgan fingerprint density at radius 1 is 1.07 bits per heavy atom. The number of likely N-dealkylation sites (tertiary alicyclic amines) is 1. The number of aromatic nitrogens is 2. The van der Waals surface area contributed by atoms with Gasteiger partial charge in [-0.3, -0.25) is 14.8 Å². The van der Waals surface area contributed by atoms with Crippen molar-refractivity contribution in [2.45, 2.75) is 55.2 Å². The molecular formula is C21H20F3N3O. The summed E-state index contributed by atoms with van der Waals surface area (Å²) >= 11 is 0. The molecule has 4 fully saturated rings. The molecule has 2 bridgehead atoms. The van der Waals surface area contributed by atoms with E-state index < -0.39 is 11.9 Å². The van der Waals surface area contributed by atoms with Crippen LogP contribution < -0.4 is 0 Å². The third kappa shape index (κ3) is 2.55. The van der Waals surface area contributed by atoms with Crippen LogP contribution in [0, 0.1) is 0 Å². The number of halogens is 3. The summed E-state index contributed by atoms with van der Waals surface area (Å²) in [5.74, 6) is 0.0548. The van der Waals surface area contributed by atoms with Gasteiger partial charge in [-0.1, -0.05) is 6.07 Å². The molecule has 4 aliphatic rings. The van der Waals surface area contributed by atoms with Gasteiger partial charge in [-0.2, -0.15) is 13.2 Å². The summed E-state index contributed by atoms with van der Waals surface area (Å²) in [7, 11) is 0. The number of rotatable bonds is 3. The molecule has 146 valence electrons. The molecule has 7 heteroatoms. The summed E-state index contributed by atoms with van der Waals surface area (Å²) in [4.78, 5) is 22.5. The fraction of sp³-hybridized carbons (Fsp3) is 0.476. The van der Waals surface area contributed by atoms with Gasteiger partial charge in [-0.15, -0.1) is 0 Å². The second-order valence-electron chi connectivity index (χ2n) is 8.48. The summed E-state index contributed by atoms with van der Waals surface area (Å²) in [5, 5.41) is 0. The van der Waals surface area contributed by atoms with E-state index in [1.54, 1.807) is 0 Å². The van der Waals surface area contributed by atoms with E-state index in [-0.39, 0.29) is 22.8 Å². The van der Waals surface area contributed by atoms with Crippen LogP contribution in [0.2, 0.25) is 0 Å². The van der Waals surface area contributed by atoms with Gasteiger partial charge in [-0.25, -0.2) is 0 Å². The summed E-state index contributed by atoms with van der Waals surface area (Å²) in [5.41, 5.74) is 1.32. The van der Waals surface area contributed by atoms with Crippen LogP contribution in [0.25, 0.3) is 0 Å². The summed E-state index contributed by atoms with van der Waals surface area (Å²) in [6.45, 7) is 0.664. The van der Waals surface area contributed by atoms with Crippen LogP contribution in [0.1, 0.15) is 54.8 Å². The molecule has 0 spiro atoms. The molecular weight excluding hydrogens is 367 g/mol. The zero-order valence-electron chi connectivity index (χ0n) is 15.2. The van der Waals surface area contributed by atoms with Crippen LogP contribution in [0.3, 0.4) is 0 Å². The minimum atomic E-state index is -4.44. The largest absolute Gasteiger partial charge is 0.433 e. The van der Waals surface area contributed by atoms with Gasteiger partial charge in [0.25, 0.3) is 0 Å². The Labute approximate surface area is 160 Å². The third-order valence-corrected chi connectivity index (χ3v) is 6.84. The van der Waals surface area contributed by atoms with Gasteiger partial charge in [0.1, 0.15) is 5.69 Å². The second-order valence-corrected chi connectivity index (χ2v) is 8.48. The Morgan fingerprint density at radius 2 is 1.79 bits per heavy atom. The van der Waals surface area contributed by atoms with Gasteiger partial charge in [0.15, 0.2) is 0 Å². The highest BCUT2D eigenvalue weighted by atomic mass is 19.4. The predicted octanol–water partition coefficient (Wildman–Crippen LogP) is 4.08. The zero-order chi connectivity index (χ0) is 19.6. The van der Waals surface area contributed by atoms with Crippen LogP contribution in [0.15, 0.2) is 42.9 Å². The van der Waals surface area contributed by atoms with Gasteiger partial charge in [0.05, 0.1) is 0 Å². The molecule has 3 heterocycles. The molecule has 1 atom stereocenters. The fourth-order valence-electron chi connectivity index (χ4n) is 5.47. The molecule has 2 aromatic heterocycles. The van der Waals surface area contributed by atoms with E-state index in [0.717, 1.165) is 31.7 Å². The standard InChI is InChI=1S/C21H20F3N3O/c22-21(23,24)17-2-1-15(10-26-17)14-5-8-27(18(28)9-14)20-11-19(12-20,13-20)16-3-6-25-7-4-16/h1-4,6-7,10,14H,5,8-9,11-13H2. The average molecular weight is 387 g/mol. The lowest BCUT2D eigenvalue weighted by atomic mass is 9.37. The minimum Gasteiger partial charge on any atom is -0.337 e. The summed E-state index contributed by atoms with van der Waals surface area (Å²) < 4.78 is 38.0. The van der Waals surface area contributed by atoms with E-state index in [2.05, 4.69) is 22.1 Å². The van der Waals surface area contributed by atoms with Gasteiger partial charge in [0, 0.05) is 42.5 Å². The molecule has 2 aromatic rings. The molecule has 0 radical (unpaired) electrons. The molecule has 1 amide bonds. The quantitative estimate of drug-likeness (QED) is 0.797. The average Bonchev–Trinajstić information content (AvgIpc) is 2.61. The van der Waals surface area contributed by atoms with Crippen molar-refractivity contribution >= 4 is 5.91 Å². The molecule has 0 N–H and O–H groups in total. The van der Waals surface area contributed by atoms with Crippen molar-refractivity contribution < 1.29 is 18.0 Å². The second kappa shape index (κ2) is 5.78. The first-order valence-electron chi connectivity index (χ1n) is 9.56. The first kappa shape index (κ1) is 17.6. The lowest BCUT2D eigenvalue weighted by molar-refractivity contribution is -0.189. The predicted molar refractivity (Wildman–Crippen MR) is 95.4 cm³/mol. The van der Waals surface area contributed by atoms with Gasteiger partial charge in [-0.05, 0) is 60.9 Å². The number of alkyl halides is 3. The van der Waals surface area contributed by atoms with Crippen LogP contribution in [0.5, 0.6) is 0 Å². The Kier molecular flexibility index (Phi) is 3.64. The fourth-order valence-corrected chi connectivity index (χ4v) is 5.47. The van der Waals surface area contributed by atoms with Gasteiger partial charge >= 0.3 is 6.18 Å². The number of piperidine rings is 1. The van der Waals surface area contributed by atoms with Crippen molar-refractivity contribution in [1.82, 2.24) is 14.9 Å². The molecule has 1 aliphatic heterocycles. The highest BCUT2D eigenvalue weighted by Gasteiger charge is 2.71. The molecule has 0 aromatic carbocycles. The highest BCUT2D eigenvalue weighted by molar-refractivity contribution is 5.80. The first-order chi connectivity index (χ1) is 13.3. The summed E-state index contributed by atoms with van der Waals surface area (Å²) in [6.07, 6.45) is 4.59. The van der Waals surface area contributed by atoms with E-state index in [1.807, 2.05) is 17.3 Å². The van der Waals surface area contributed by atoms with E-state index in [1.165, 1.54) is 17.8 Å². The lowest BCUT2D eigenvalue weighted by Crippen LogP contribution is -2.78. The SMILES string of the molecule is O=C1CC(c2ccc(C(F)(F)F)nc2)CCN1C12CC(c3ccncc3)(C1)C2. The van der Waals surface area contributed by atoms with Crippen molar-refractivity contribution in [2.75, 3.05) is 6.54 Å². The molecule has 6 rings (SSSR count). The molecule has 1 unspecified atom stereocenters. The van der Waals surface area contributed by atoms with E-state index >= 15 is 0 Å². The van der Waals surface area contributed by atoms with Crippen molar-refractivity contribution in [2.24, 2.45) is 0 Å². The zero-order valence-corrected chi connectivity index (χ0v) is 15.2. The van der Waals surface area contributed by atoms with E-state index in [9.17, 15) is 18.0 Å². The smallest absolute Gasteiger partial charge is 0.337 e. The number of hydrogen-bond donors (Lipinski definition) is 0.